The zero-order chi connectivity index (χ0) is 13.5. The van der Waals surface area contributed by atoms with Crippen LogP contribution in [-0.2, 0) is 13.0 Å². The summed E-state index contributed by atoms with van der Waals surface area (Å²) in [4.78, 5) is 4.28. The number of imidazole rings is 1. The van der Waals surface area contributed by atoms with Gasteiger partial charge in [0.2, 0.25) is 0 Å². The molecule has 98 valence electrons. The molecule has 0 aliphatic carbocycles. The van der Waals surface area contributed by atoms with Crippen molar-refractivity contribution in [2.75, 3.05) is 6.61 Å². The largest absolute Gasteiger partial charge is 0.494 e. The van der Waals surface area contributed by atoms with Crippen molar-refractivity contribution in [1.29, 1.82) is 5.26 Å². The number of rotatable bonds is 6. The van der Waals surface area contributed by atoms with Crippen LogP contribution in [-0.4, -0.2) is 16.2 Å². The van der Waals surface area contributed by atoms with Crippen molar-refractivity contribution in [3.63, 3.8) is 0 Å². The van der Waals surface area contributed by atoms with E-state index in [0.717, 1.165) is 31.0 Å². The number of ether oxygens (including phenoxy) is 1. The first-order chi connectivity index (χ1) is 9.33. The fourth-order valence-corrected chi connectivity index (χ4v) is 1.91. The van der Waals surface area contributed by atoms with Crippen molar-refractivity contribution in [2.45, 2.75) is 26.3 Å². The first-order valence-corrected chi connectivity index (χ1v) is 6.46. The van der Waals surface area contributed by atoms with Crippen LogP contribution in [0.2, 0.25) is 0 Å². The number of nitrogens with zero attached hydrogens (tertiary/aromatic N) is 3. The fourth-order valence-electron chi connectivity index (χ4n) is 1.91. The van der Waals surface area contributed by atoms with Crippen LogP contribution in [0.15, 0.2) is 36.7 Å². The van der Waals surface area contributed by atoms with Gasteiger partial charge < -0.3 is 9.30 Å². The first-order valence-electron chi connectivity index (χ1n) is 6.46. The number of hydrogen-bond donors (Lipinski definition) is 0. The monoisotopic (exact) mass is 255 g/mol. The lowest BCUT2D eigenvalue weighted by Gasteiger charge is -2.08. The molecule has 0 atom stereocenters. The zero-order valence-electron chi connectivity index (χ0n) is 11.0. The van der Waals surface area contributed by atoms with E-state index in [1.54, 1.807) is 12.1 Å². The van der Waals surface area contributed by atoms with E-state index in [1.807, 2.05) is 24.5 Å². The molecule has 1 aromatic heterocycles. The number of aromatic nitrogens is 2. The van der Waals surface area contributed by atoms with Gasteiger partial charge in [-0.1, -0.05) is 6.92 Å². The van der Waals surface area contributed by atoms with Gasteiger partial charge >= 0.3 is 0 Å². The van der Waals surface area contributed by atoms with E-state index >= 15 is 0 Å². The summed E-state index contributed by atoms with van der Waals surface area (Å²) < 4.78 is 7.79. The highest BCUT2D eigenvalue weighted by Crippen LogP contribution is 2.12. The van der Waals surface area contributed by atoms with Gasteiger partial charge in [-0.3, -0.25) is 0 Å². The average Bonchev–Trinajstić information content (AvgIpc) is 2.91. The van der Waals surface area contributed by atoms with Gasteiger partial charge in [0.15, 0.2) is 0 Å². The molecule has 1 heterocycles. The highest BCUT2D eigenvalue weighted by molar-refractivity contribution is 5.34. The smallest absolute Gasteiger partial charge is 0.119 e. The summed E-state index contributed by atoms with van der Waals surface area (Å²) in [6.07, 6.45) is 5.72. The molecule has 0 saturated heterocycles. The Morgan fingerprint density at radius 3 is 2.79 bits per heavy atom. The summed E-state index contributed by atoms with van der Waals surface area (Å²) in [6, 6.07) is 9.27. The number of nitriles is 1. The predicted octanol–water partition coefficient (Wildman–Crippen LogP) is 2.79. The molecule has 0 bridgehead atoms. The summed E-state index contributed by atoms with van der Waals surface area (Å²) in [5.41, 5.74) is 0.651. The van der Waals surface area contributed by atoms with Gasteiger partial charge in [0, 0.05) is 25.4 Å². The number of benzene rings is 1. The Bertz CT molecular complexity index is 552. The molecule has 2 aromatic rings. The molecule has 2 rings (SSSR count). The Morgan fingerprint density at radius 1 is 1.32 bits per heavy atom. The molecule has 0 aliphatic heterocycles. The van der Waals surface area contributed by atoms with Crippen LogP contribution in [0.1, 0.15) is 24.7 Å². The van der Waals surface area contributed by atoms with E-state index in [9.17, 15) is 0 Å². The van der Waals surface area contributed by atoms with Gasteiger partial charge in [-0.15, -0.1) is 0 Å². The molecule has 4 nitrogen and oxygen atoms in total. The molecule has 0 fully saturated rings. The van der Waals surface area contributed by atoms with Crippen molar-refractivity contribution in [3.05, 3.63) is 48.0 Å². The minimum absolute atomic E-state index is 0.651. The Hall–Kier alpha value is -2.28. The Balaban J connectivity index is 1.76. The summed E-state index contributed by atoms with van der Waals surface area (Å²) in [6.45, 7) is 3.68. The lowest BCUT2D eigenvalue weighted by molar-refractivity contribution is 0.301. The summed E-state index contributed by atoms with van der Waals surface area (Å²) in [7, 11) is 0. The highest BCUT2D eigenvalue weighted by atomic mass is 16.5. The van der Waals surface area contributed by atoms with Crippen molar-refractivity contribution in [1.82, 2.24) is 9.55 Å². The molecule has 0 unspecified atom stereocenters. The third kappa shape index (κ3) is 3.59. The van der Waals surface area contributed by atoms with Gasteiger partial charge in [0.1, 0.15) is 11.6 Å². The van der Waals surface area contributed by atoms with Crippen molar-refractivity contribution >= 4 is 0 Å². The molecule has 0 spiro atoms. The van der Waals surface area contributed by atoms with Gasteiger partial charge in [-0.05, 0) is 30.7 Å². The van der Waals surface area contributed by atoms with Gasteiger partial charge in [0.05, 0.1) is 18.2 Å². The Labute approximate surface area is 113 Å². The van der Waals surface area contributed by atoms with Crippen LogP contribution < -0.4 is 4.74 Å². The van der Waals surface area contributed by atoms with Crippen LogP contribution in [0.25, 0.3) is 0 Å². The van der Waals surface area contributed by atoms with Crippen LogP contribution in [0, 0.1) is 11.3 Å². The summed E-state index contributed by atoms with van der Waals surface area (Å²) in [5.74, 6) is 1.92. The van der Waals surface area contributed by atoms with Crippen molar-refractivity contribution in [2.24, 2.45) is 0 Å². The van der Waals surface area contributed by atoms with Gasteiger partial charge in [-0.2, -0.15) is 5.26 Å². The molecule has 0 radical (unpaired) electrons. The molecular formula is C15H17N3O. The molecule has 0 amide bonds. The van der Waals surface area contributed by atoms with Gasteiger partial charge in [0.25, 0.3) is 0 Å². The maximum absolute atomic E-state index is 8.70. The SMILES string of the molecule is CCc1nccn1CCCOc1ccc(C#N)cc1. The summed E-state index contributed by atoms with van der Waals surface area (Å²) >= 11 is 0. The number of aryl methyl sites for hydroxylation is 2. The van der Waals surface area contributed by atoms with E-state index in [-0.39, 0.29) is 0 Å². The minimum atomic E-state index is 0.651. The second kappa shape index (κ2) is 6.60. The topological polar surface area (TPSA) is 50.8 Å². The average molecular weight is 255 g/mol. The quantitative estimate of drug-likeness (QED) is 0.746. The van der Waals surface area contributed by atoms with E-state index in [1.165, 1.54) is 0 Å². The van der Waals surface area contributed by atoms with E-state index in [4.69, 9.17) is 10.00 Å². The minimum Gasteiger partial charge on any atom is -0.494 e. The van der Waals surface area contributed by atoms with Crippen LogP contribution in [0.3, 0.4) is 0 Å². The summed E-state index contributed by atoms with van der Waals surface area (Å²) in [5, 5.41) is 8.70. The van der Waals surface area contributed by atoms with E-state index in [2.05, 4.69) is 22.5 Å². The normalized spacial score (nSPS) is 10.1. The molecule has 0 saturated carbocycles. The molecule has 1 aromatic carbocycles. The van der Waals surface area contributed by atoms with E-state index < -0.39 is 0 Å². The standard InChI is InChI=1S/C15H17N3O/c1-2-15-17-8-10-18(15)9-3-11-19-14-6-4-13(12-16)5-7-14/h4-8,10H,2-3,9,11H2,1H3. The van der Waals surface area contributed by atoms with E-state index in [0.29, 0.717) is 12.2 Å². The molecule has 0 N–H and O–H groups in total. The molecule has 19 heavy (non-hydrogen) atoms. The Kier molecular flexibility index (Phi) is 4.57. The third-order valence-electron chi connectivity index (χ3n) is 2.91. The Morgan fingerprint density at radius 2 is 2.11 bits per heavy atom. The maximum atomic E-state index is 8.70. The first kappa shape index (κ1) is 13.2. The second-order valence-corrected chi connectivity index (χ2v) is 4.23. The predicted molar refractivity (Wildman–Crippen MR) is 72.9 cm³/mol. The second-order valence-electron chi connectivity index (χ2n) is 4.23. The zero-order valence-corrected chi connectivity index (χ0v) is 11.0. The van der Waals surface area contributed by atoms with Crippen LogP contribution in [0.5, 0.6) is 5.75 Å². The van der Waals surface area contributed by atoms with Crippen molar-refractivity contribution in [3.8, 4) is 11.8 Å². The van der Waals surface area contributed by atoms with Crippen LogP contribution in [0.4, 0.5) is 0 Å². The lowest BCUT2D eigenvalue weighted by atomic mass is 10.2. The highest BCUT2D eigenvalue weighted by Gasteiger charge is 2.00. The van der Waals surface area contributed by atoms with Gasteiger partial charge in [-0.25, -0.2) is 4.98 Å². The number of hydrogen-bond acceptors (Lipinski definition) is 3. The van der Waals surface area contributed by atoms with Crippen LogP contribution >= 0.6 is 0 Å². The third-order valence-corrected chi connectivity index (χ3v) is 2.91. The lowest BCUT2D eigenvalue weighted by Crippen LogP contribution is -2.06. The van der Waals surface area contributed by atoms with Crippen molar-refractivity contribution < 1.29 is 4.74 Å². The maximum Gasteiger partial charge on any atom is 0.119 e. The fraction of sp³-hybridized carbons (Fsp3) is 0.333. The molecular weight excluding hydrogens is 238 g/mol. The molecule has 4 heteroatoms. The molecule has 0 aliphatic rings.